The lowest BCUT2D eigenvalue weighted by molar-refractivity contribution is -0.0255. The molecule has 0 amide bonds. The highest BCUT2D eigenvalue weighted by atomic mass is 19.1. The van der Waals surface area contributed by atoms with Crippen LogP contribution in [0.5, 0.6) is 0 Å². The highest BCUT2D eigenvalue weighted by molar-refractivity contribution is 5.78. The summed E-state index contributed by atoms with van der Waals surface area (Å²) in [6.45, 7) is 3.16. The van der Waals surface area contributed by atoms with E-state index in [1.165, 1.54) is 6.07 Å². The molecule has 0 aliphatic heterocycles. The van der Waals surface area contributed by atoms with Gasteiger partial charge >= 0.3 is 0 Å². The van der Waals surface area contributed by atoms with Crippen LogP contribution in [0.25, 0.3) is 11.0 Å². The zero-order valence-electron chi connectivity index (χ0n) is 12.4. The number of halogens is 1. The van der Waals surface area contributed by atoms with Gasteiger partial charge in [-0.15, -0.1) is 0 Å². The van der Waals surface area contributed by atoms with Crippen LogP contribution in [0.4, 0.5) is 4.39 Å². The third-order valence-electron chi connectivity index (χ3n) is 4.45. The smallest absolute Gasteiger partial charge is 0.170 e. The molecule has 4 heteroatoms. The minimum Gasteiger partial charge on any atom is -0.455 e. The summed E-state index contributed by atoms with van der Waals surface area (Å²) in [6.07, 6.45) is 4.24. The van der Waals surface area contributed by atoms with Crippen molar-refractivity contribution < 1.29 is 13.9 Å². The van der Waals surface area contributed by atoms with Gasteiger partial charge in [0.2, 0.25) is 0 Å². The van der Waals surface area contributed by atoms with Crippen molar-refractivity contribution in [3.63, 3.8) is 0 Å². The molecule has 1 heterocycles. The van der Waals surface area contributed by atoms with E-state index in [-0.39, 0.29) is 11.4 Å². The van der Waals surface area contributed by atoms with Crippen molar-refractivity contribution in [1.82, 2.24) is 5.32 Å². The summed E-state index contributed by atoms with van der Waals surface area (Å²) < 4.78 is 19.3. The summed E-state index contributed by atoms with van der Waals surface area (Å²) in [7, 11) is 0. The minimum absolute atomic E-state index is 0.243. The van der Waals surface area contributed by atoms with Crippen LogP contribution in [0.15, 0.2) is 28.7 Å². The molecule has 1 aromatic heterocycles. The van der Waals surface area contributed by atoms with Gasteiger partial charge in [-0.2, -0.15) is 0 Å². The van der Waals surface area contributed by atoms with Crippen LogP contribution in [-0.2, 0) is 5.60 Å². The molecule has 1 saturated carbocycles. The van der Waals surface area contributed by atoms with Gasteiger partial charge in [0.05, 0.1) is 0 Å². The second-order valence-corrected chi connectivity index (χ2v) is 6.03. The highest BCUT2D eigenvalue weighted by Gasteiger charge is 2.37. The fourth-order valence-electron chi connectivity index (χ4n) is 3.15. The Bertz CT molecular complexity index is 614. The second kappa shape index (κ2) is 5.78. The number of nitrogens with one attached hydrogen (secondary N) is 1. The summed E-state index contributed by atoms with van der Waals surface area (Å²) in [5.74, 6) is 0.122. The zero-order chi connectivity index (χ0) is 14.9. The highest BCUT2D eigenvalue weighted by Crippen LogP contribution is 2.39. The largest absolute Gasteiger partial charge is 0.455 e. The second-order valence-electron chi connectivity index (χ2n) is 6.03. The van der Waals surface area contributed by atoms with E-state index in [0.29, 0.717) is 30.0 Å². The molecule has 1 aliphatic carbocycles. The number of rotatable bonds is 4. The van der Waals surface area contributed by atoms with Gasteiger partial charge in [0, 0.05) is 11.4 Å². The fourth-order valence-corrected chi connectivity index (χ4v) is 3.15. The number of fused-ring (bicyclic) bond motifs is 1. The molecule has 0 radical (unpaired) electrons. The molecule has 21 heavy (non-hydrogen) atoms. The molecule has 1 aromatic carbocycles. The monoisotopic (exact) mass is 291 g/mol. The average Bonchev–Trinajstić information content (AvgIpc) is 2.93. The Labute approximate surface area is 124 Å². The SMILES string of the molecule is CCCNC1CCC(O)(c2cc3cccc(F)c3o2)CC1. The van der Waals surface area contributed by atoms with Gasteiger partial charge in [-0.1, -0.05) is 19.1 Å². The molecule has 1 aliphatic rings. The lowest BCUT2D eigenvalue weighted by atomic mass is 9.80. The molecular weight excluding hydrogens is 269 g/mol. The maximum atomic E-state index is 13.7. The van der Waals surface area contributed by atoms with Crippen molar-refractivity contribution in [2.24, 2.45) is 0 Å². The van der Waals surface area contributed by atoms with Crippen LogP contribution in [0.1, 0.15) is 44.8 Å². The first kappa shape index (κ1) is 14.5. The van der Waals surface area contributed by atoms with Crippen LogP contribution >= 0.6 is 0 Å². The van der Waals surface area contributed by atoms with E-state index in [1.807, 2.05) is 6.07 Å². The van der Waals surface area contributed by atoms with E-state index in [0.717, 1.165) is 25.8 Å². The molecule has 2 N–H and O–H groups in total. The van der Waals surface area contributed by atoms with E-state index >= 15 is 0 Å². The molecule has 0 saturated heterocycles. The molecule has 0 atom stereocenters. The Kier molecular flexibility index (Phi) is 4.00. The number of hydrogen-bond donors (Lipinski definition) is 2. The van der Waals surface area contributed by atoms with Gasteiger partial charge in [-0.3, -0.25) is 0 Å². The van der Waals surface area contributed by atoms with Crippen LogP contribution in [0, 0.1) is 5.82 Å². The molecule has 0 unspecified atom stereocenters. The summed E-state index contributed by atoms with van der Waals surface area (Å²) in [6, 6.07) is 7.09. The molecule has 0 bridgehead atoms. The quantitative estimate of drug-likeness (QED) is 0.903. The van der Waals surface area contributed by atoms with Gasteiger partial charge in [-0.05, 0) is 50.8 Å². The van der Waals surface area contributed by atoms with Gasteiger partial charge < -0.3 is 14.8 Å². The van der Waals surface area contributed by atoms with Crippen LogP contribution < -0.4 is 5.32 Å². The van der Waals surface area contributed by atoms with E-state index < -0.39 is 5.60 Å². The van der Waals surface area contributed by atoms with Gasteiger partial charge in [0.15, 0.2) is 11.4 Å². The summed E-state index contributed by atoms with van der Waals surface area (Å²) >= 11 is 0. The summed E-state index contributed by atoms with van der Waals surface area (Å²) in [4.78, 5) is 0. The van der Waals surface area contributed by atoms with Gasteiger partial charge in [0.1, 0.15) is 11.4 Å². The molecule has 3 nitrogen and oxygen atoms in total. The average molecular weight is 291 g/mol. The Morgan fingerprint density at radius 2 is 2.14 bits per heavy atom. The van der Waals surface area contributed by atoms with Crippen molar-refractivity contribution in [3.8, 4) is 0 Å². The Morgan fingerprint density at radius 1 is 1.38 bits per heavy atom. The first-order chi connectivity index (χ1) is 10.1. The number of para-hydroxylation sites is 1. The summed E-state index contributed by atoms with van der Waals surface area (Å²) in [5, 5.41) is 15.0. The topological polar surface area (TPSA) is 45.4 Å². The van der Waals surface area contributed by atoms with Crippen molar-refractivity contribution in [2.45, 2.75) is 50.7 Å². The van der Waals surface area contributed by atoms with E-state index in [2.05, 4.69) is 12.2 Å². The van der Waals surface area contributed by atoms with Crippen LogP contribution in [0.3, 0.4) is 0 Å². The minimum atomic E-state index is -0.962. The normalized spacial score (nSPS) is 26.3. The van der Waals surface area contributed by atoms with E-state index in [9.17, 15) is 9.50 Å². The lowest BCUT2D eigenvalue weighted by Gasteiger charge is -2.34. The zero-order valence-corrected chi connectivity index (χ0v) is 12.4. The number of aliphatic hydroxyl groups is 1. The Morgan fingerprint density at radius 3 is 2.81 bits per heavy atom. The lowest BCUT2D eigenvalue weighted by Crippen LogP contribution is -2.39. The standard InChI is InChI=1S/C17H22FNO2/c1-2-10-19-13-6-8-17(20,9-7-13)15-11-12-4-3-5-14(18)16(12)21-15/h3-5,11,13,19-20H,2,6-10H2,1H3. The van der Waals surface area contributed by atoms with Crippen molar-refractivity contribution in [3.05, 3.63) is 35.8 Å². The maximum absolute atomic E-state index is 13.7. The Balaban J connectivity index is 1.77. The third-order valence-corrected chi connectivity index (χ3v) is 4.45. The molecule has 0 spiro atoms. The van der Waals surface area contributed by atoms with Crippen LogP contribution in [0.2, 0.25) is 0 Å². The number of furan rings is 1. The molecule has 1 fully saturated rings. The van der Waals surface area contributed by atoms with Crippen LogP contribution in [-0.4, -0.2) is 17.7 Å². The van der Waals surface area contributed by atoms with Crippen molar-refractivity contribution in [1.29, 1.82) is 0 Å². The molecule has 2 aromatic rings. The van der Waals surface area contributed by atoms with Crippen molar-refractivity contribution in [2.75, 3.05) is 6.54 Å². The molecule has 3 rings (SSSR count). The number of benzene rings is 1. The van der Waals surface area contributed by atoms with Crippen molar-refractivity contribution >= 4 is 11.0 Å². The van der Waals surface area contributed by atoms with Gasteiger partial charge in [-0.25, -0.2) is 4.39 Å². The molecular formula is C17H22FNO2. The van der Waals surface area contributed by atoms with E-state index in [1.54, 1.807) is 12.1 Å². The predicted octanol–water partition coefficient (Wildman–Crippen LogP) is 3.70. The van der Waals surface area contributed by atoms with Gasteiger partial charge in [0.25, 0.3) is 0 Å². The fraction of sp³-hybridized carbons (Fsp3) is 0.529. The number of hydrogen-bond acceptors (Lipinski definition) is 3. The predicted molar refractivity (Wildman–Crippen MR) is 80.6 cm³/mol. The maximum Gasteiger partial charge on any atom is 0.170 e. The first-order valence-corrected chi connectivity index (χ1v) is 7.77. The molecule has 114 valence electrons. The Hall–Kier alpha value is -1.39. The third kappa shape index (κ3) is 2.83. The van der Waals surface area contributed by atoms with E-state index in [4.69, 9.17) is 4.42 Å². The first-order valence-electron chi connectivity index (χ1n) is 7.77. The summed E-state index contributed by atoms with van der Waals surface area (Å²) in [5.41, 5.74) is -0.720.